The number of phosphoric ester groups is 1. The van der Waals surface area contributed by atoms with E-state index in [0.717, 1.165) is 38.5 Å². The summed E-state index contributed by atoms with van der Waals surface area (Å²) in [5.74, 6) is -0.156. The van der Waals surface area contributed by atoms with Gasteiger partial charge in [-0.15, -0.1) is 0 Å². The molecule has 0 saturated heterocycles. The second kappa shape index (κ2) is 61.8. The molecule has 8 nitrogen and oxygen atoms in total. The van der Waals surface area contributed by atoms with Crippen molar-refractivity contribution in [1.29, 1.82) is 0 Å². The number of allylic oxidation sites excluding steroid dienone is 2. The molecule has 0 bridgehead atoms. The molecule has 0 heterocycles. The van der Waals surface area contributed by atoms with Gasteiger partial charge in [-0.25, -0.2) is 0 Å². The first-order chi connectivity index (χ1) is 38.5. The Labute approximate surface area is 494 Å². The van der Waals surface area contributed by atoms with Gasteiger partial charge in [0.25, 0.3) is 7.82 Å². The van der Waals surface area contributed by atoms with E-state index in [1.165, 1.54) is 315 Å². The van der Waals surface area contributed by atoms with Crippen LogP contribution in [0, 0.1) is 0 Å². The van der Waals surface area contributed by atoms with Crippen molar-refractivity contribution in [2.24, 2.45) is 0 Å². The molecular formula is C70H141N2O6P. The number of carbonyl (C=O) groups is 1. The summed E-state index contributed by atoms with van der Waals surface area (Å²) in [6.07, 6.45) is 78.7. The zero-order chi connectivity index (χ0) is 57.7. The van der Waals surface area contributed by atoms with Crippen LogP contribution in [-0.2, 0) is 18.4 Å². The fourth-order valence-electron chi connectivity index (χ4n) is 11.2. The molecule has 2 N–H and O–H groups in total. The number of nitrogens with one attached hydrogen (secondary N) is 1. The lowest BCUT2D eigenvalue weighted by Gasteiger charge is -2.30. The number of unbranched alkanes of at least 4 members (excludes halogenated alkanes) is 52. The third-order valence-electron chi connectivity index (χ3n) is 16.8. The van der Waals surface area contributed by atoms with Gasteiger partial charge in [-0.05, 0) is 38.5 Å². The fourth-order valence-corrected chi connectivity index (χ4v) is 11.9. The summed E-state index contributed by atoms with van der Waals surface area (Å²) in [4.78, 5) is 25.6. The van der Waals surface area contributed by atoms with E-state index in [4.69, 9.17) is 9.05 Å². The van der Waals surface area contributed by atoms with Gasteiger partial charge in [0, 0.05) is 6.42 Å². The van der Waals surface area contributed by atoms with Gasteiger partial charge in [0.05, 0.1) is 39.9 Å². The predicted molar refractivity (Wildman–Crippen MR) is 344 cm³/mol. The van der Waals surface area contributed by atoms with Crippen molar-refractivity contribution in [2.45, 2.75) is 392 Å². The molecule has 3 atom stereocenters. The molecule has 79 heavy (non-hydrogen) atoms. The summed E-state index contributed by atoms with van der Waals surface area (Å²) in [6, 6.07) is -0.798. The molecular weight excluding hydrogens is 996 g/mol. The minimum atomic E-state index is -4.57. The van der Waals surface area contributed by atoms with E-state index in [2.05, 4.69) is 31.3 Å². The smallest absolute Gasteiger partial charge is 0.268 e. The third kappa shape index (κ3) is 64.7. The van der Waals surface area contributed by atoms with Crippen LogP contribution in [0.4, 0.5) is 0 Å². The Hall–Kier alpha value is -0.760. The molecule has 0 aliphatic rings. The van der Waals surface area contributed by atoms with Crippen LogP contribution >= 0.6 is 7.82 Å². The second-order valence-electron chi connectivity index (χ2n) is 26.0. The molecule has 0 spiro atoms. The number of aliphatic hydroxyl groups is 1. The summed E-state index contributed by atoms with van der Waals surface area (Å²) in [7, 11) is 1.33. The van der Waals surface area contributed by atoms with Crippen molar-refractivity contribution in [3.8, 4) is 0 Å². The Morgan fingerprint density at radius 3 is 0.987 bits per heavy atom. The lowest BCUT2D eigenvalue weighted by Crippen LogP contribution is -2.46. The molecule has 0 radical (unpaired) electrons. The van der Waals surface area contributed by atoms with Crippen LogP contribution in [0.25, 0.3) is 0 Å². The van der Waals surface area contributed by atoms with Crippen molar-refractivity contribution in [3.63, 3.8) is 0 Å². The zero-order valence-electron chi connectivity index (χ0n) is 54.1. The number of carbonyl (C=O) groups excluding carboxylic acids is 1. The number of hydrogen-bond donors (Lipinski definition) is 2. The summed E-state index contributed by atoms with van der Waals surface area (Å²) in [5.41, 5.74) is 0. The number of hydrogen-bond acceptors (Lipinski definition) is 6. The number of rotatable bonds is 67. The van der Waals surface area contributed by atoms with Crippen LogP contribution in [0.1, 0.15) is 380 Å². The molecule has 0 fully saturated rings. The quantitative estimate of drug-likeness (QED) is 0.0272. The minimum Gasteiger partial charge on any atom is -0.756 e. The Morgan fingerprint density at radius 1 is 0.430 bits per heavy atom. The monoisotopic (exact) mass is 1140 g/mol. The van der Waals surface area contributed by atoms with Crippen LogP contribution in [0.3, 0.4) is 0 Å². The number of likely N-dealkylation sites (N-methyl/N-ethyl adjacent to an activating group) is 1. The summed E-state index contributed by atoms with van der Waals surface area (Å²) in [6.45, 7) is 4.79. The number of quaternary nitrogens is 1. The Kier molecular flexibility index (Phi) is 61.2. The third-order valence-corrected chi connectivity index (χ3v) is 17.7. The van der Waals surface area contributed by atoms with Gasteiger partial charge < -0.3 is 28.8 Å². The number of aliphatic hydroxyl groups excluding tert-OH is 1. The first-order valence-electron chi connectivity index (χ1n) is 35.5. The largest absolute Gasteiger partial charge is 0.756 e. The van der Waals surface area contributed by atoms with Crippen molar-refractivity contribution >= 4 is 13.7 Å². The average molecular weight is 1140 g/mol. The molecule has 0 aromatic carbocycles. The van der Waals surface area contributed by atoms with Crippen LogP contribution in [0.15, 0.2) is 12.2 Å². The summed E-state index contributed by atoms with van der Waals surface area (Å²) >= 11 is 0. The number of phosphoric acid groups is 1. The van der Waals surface area contributed by atoms with E-state index in [0.29, 0.717) is 23.9 Å². The van der Waals surface area contributed by atoms with E-state index in [-0.39, 0.29) is 19.1 Å². The molecule has 0 aromatic rings. The Morgan fingerprint density at radius 2 is 0.696 bits per heavy atom. The van der Waals surface area contributed by atoms with Gasteiger partial charge in [-0.1, -0.05) is 347 Å². The first kappa shape index (κ1) is 78.2. The van der Waals surface area contributed by atoms with Crippen molar-refractivity contribution in [2.75, 3.05) is 40.9 Å². The molecule has 1 amide bonds. The van der Waals surface area contributed by atoms with Gasteiger partial charge in [-0.3, -0.25) is 9.36 Å². The van der Waals surface area contributed by atoms with Crippen LogP contribution in [0.5, 0.6) is 0 Å². The maximum atomic E-state index is 13.0. The van der Waals surface area contributed by atoms with Crippen LogP contribution in [-0.4, -0.2) is 68.5 Å². The van der Waals surface area contributed by atoms with E-state index in [1.54, 1.807) is 0 Å². The molecule has 0 saturated carbocycles. The molecule has 0 rings (SSSR count). The van der Waals surface area contributed by atoms with Crippen LogP contribution in [0.2, 0.25) is 0 Å². The van der Waals surface area contributed by atoms with Crippen molar-refractivity contribution < 1.29 is 32.9 Å². The van der Waals surface area contributed by atoms with Crippen LogP contribution < -0.4 is 10.2 Å². The fraction of sp³-hybridized carbons (Fsp3) is 0.957. The molecule has 0 aliphatic heterocycles. The van der Waals surface area contributed by atoms with E-state index in [1.807, 2.05) is 21.1 Å². The molecule has 472 valence electrons. The molecule has 0 aromatic heterocycles. The molecule has 0 aliphatic carbocycles. The summed E-state index contributed by atoms with van der Waals surface area (Å²) in [5, 5.41) is 14.1. The maximum absolute atomic E-state index is 13.0. The predicted octanol–water partition coefficient (Wildman–Crippen LogP) is 21.9. The molecule has 9 heteroatoms. The first-order valence-corrected chi connectivity index (χ1v) is 37.0. The highest BCUT2D eigenvalue weighted by Gasteiger charge is 2.24. The normalized spacial score (nSPS) is 13.7. The Balaban J connectivity index is 3.91. The van der Waals surface area contributed by atoms with Gasteiger partial charge >= 0.3 is 0 Å². The van der Waals surface area contributed by atoms with E-state index in [9.17, 15) is 19.4 Å². The topological polar surface area (TPSA) is 108 Å². The van der Waals surface area contributed by atoms with Gasteiger partial charge in [0.2, 0.25) is 5.91 Å². The van der Waals surface area contributed by atoms with E-state index < -0.39 is 20.0 Å². The van der Waals surface area contributed by atoms with Gasteiger partial charge in [0.15, 0.2) is 0 Å². The lowest BCUT2D eigenvalue weighted by molar-refractivity contribution is -0.870. The summed E-state index contributed by atoms with van der Waals surface area (Å²) < 4.78 is 23.5. The van der Waals surface area contributed by atoms with Crippen molar-refractivity contribution in [1.82, 2.24) is 5.32 Å². The highest BCUT2D eigenvalue weighted by Crippen LogP contribution is 2.38. The minimum absolute atomic E-state index is 0.0157. The zero-order valence-corrected chi connectivity index (χ0v) is 55.0. The van der Waals surface area contributed by atoms with Gasteiger partial charge in [0.1, 0.15) is 13.2 Å². The second-order valence-corrected chi connectivity index (χ2v) is 27.4. The van der Waals surface area contributed by atoms with E-state index >= 15 is 0 Å². The highest BCUT2D eigenvalue weighted by atomic mass is 31.2. The lowest BCUT2D eigenvalue weighted by atomic mass is 10.0. The highest BCUT2D eigenvalue weighted by molar-refractivity contribution is 7.45. The van der Waals surface area contributed by atoms with Gasteiger partial charge in [-0.2, -0.15) is 0 Å². The number of nitrogens with zero attached hydrogens (tertiary/aromatic N) is 1. The Bertz CT molecular complexity index is 1290. The molecule has 3 unspecified atom stereocenters. The standard InChI is InChI=1S/C70H141N2O6P/c1-6-8-10-12-14-16-18-20-22-24-26-28-29-30-31-32-33-34-35-36-37-38-39-40-41-42-43-44-46-48-50-52-54-56-58-60-62-64-70(74)71-68(67-78-79(75,76)77-66-65-72(3,4)5)69(73)63-61-59-57-55-53-51-49-47-45-27-25-23-21-19-17-15-13-11-9-7-2/h34-35,68-69,73H,6-33,36-67H2,1-5H3,(H-,71,74,75,76)/b35-34-. The SMILES string of the molecule is CCCCCCCCCCCCCCCCCC/C=C\CCCCCCCCCCCCCCCCCCCC(=O)NC(COP(=O)([O-])OCC[N+](C)(C)C)C(O)CCCCCCCCCCCCCCCCCCCCCC. The average Bonchev–Trinajstić information content (AvgIpc) is 3.42. The maximum Gasteiger partial charge on any atom is 0.268 e. The number of amides is 1. The van der Waals surface area contributed by atoms with Crippen molar-refractivity contribution in [3.05, 3.63) is 12.2 Å².